The van der Waals surface area contributed by atoms with Crippen molar-refractivity contribution in [2.24, 2.45) is 5.92 Å². The van der Waals surface area contributed by atoms with Crippen LogP contribution in [0.5, 0.6) is 0 Å². The topological polar surface area (TPSA) is 61.8 Å². The van der Waals surface area contributed by atoms with E-state index in [-0.39, 0.29) is 18.2 Å². The average Bonchev–Trinajstić information content (AvgIpc) is 2.77. The van der Waals surface area contributed by atoms with Crippen molar-refractivity contribution >= 4 is 12.1 Å². The molecule has 0 spiro atoms. The molecular weight excluding hydrogens is 416 g/mol. The molecule has 1 aromatic carbocycles. The highest BCUT2D eigenvalue weighted by atomic mass is 16.7. The molecule has 0 fully saturated rings. The highest BCUT2D eigenvalue weighted by molar-refractivity contribution is 5.69. The predicted octanol–water partition coefficient (Wildman–Crippen LogP) is 7.43. The average molecular weight is 461 g/mol. The zero-order valence-corrected chi connectivity index (χ0v) is 21.1. The minimum absolute atomic E-state index is 0.0513. The van der Waals surface area contributed by atoms with Gasteiger partial charge in [0.1, 0.15) is 6.10 Å². The Morgan fingerprint density at radius 3 is 2.39 bits per heavy atom. The summed E-state index contributed by atoms with van der Waals surface area (Å²) in [7, 11) is 0. The third-order valence-corrected chi connectivity index (χ3v) is 5.33. The summed E-state index contributed by atoms with van der Waals surface area (Å²) in [5.74, 6) is 0.425. The standard InChI is InChI=1S/C28H44O5/c1-5-14-26(33-28(30)31-22-21-25-17-8-6-9-18-25)19-10-7-11-20-27(29)32-24(4)16-13-12-15-23(2)3/h6,8-9,12,15,17-18,23-24,26H,5,7,10-11,13-14,16,19-22H2,1-4H3/b15-12-. The zero-order chi connectivity index (χ0) is 24.3. The molecule has 1 aromatic rings. The Morgan fingerprint density at radius 2 is 1.70 bits per heavy atom. The Labute approximate surface area is 200 Å². The number of esters is 1. The molecule has 2 atom stereocenters. The fraction of sp³-hybridized carbons (Fsp3) is 0.643. The molecule has 5 nitrogen and oxygen atoms in total. The van der Waals surface area contributed by atoms with Gasteiger partial charge >= 0.3 is 12.1 Å². The van der Waals surface area contributed by atoms with Crippen LogP contribution in [0.25, 0.3) is 0 Å². The Balaban J connectivity index is 2.15. The van der Waals surface area contributed by atoms with Gasteiger partial charge in [0, 0.05) is 12.8 Å². The molecule has 0 aliphatic rings. The largest absolute Gasteiger partial charge is 0.508 e. The second-order valence-corrected chi connectivity index (χ2v) is 9.01. The van der Waals surface area contributed by atoms with Crippen molar-refractivity contribution in [2.75, 3.05) is 6.61 Å². The first kappa shape index (κ1) is 28.7. The lowest BCUT2D eigenvalue weighted by Crippen LogP contribution is -2.20. The van der Waals surface area contributed by atoms with Crippen LogP contribution < -0.4 is 0 Å². The maximum absolute atomic E-state index is 12.0. The summed E-state index contributed by atoms with van der Waals surface area (Å²) in [5.41, 5.74) is 1.13. The monoisotopic (exact) mass is 460 g/mol. The first-order valence-corrected chi connectivity index (χ1v) is 12.6. The van der Waals surface area contributed by atoms with Crippen molar-refractivity contribution in [2.45, 2.75) is 104 Å². The number of carbonyl (C=O) groups excluding carboxylic acids is 2. The van der Waals surface area contributed by atoms with Crippen LogP contribution in [0.4, 0.5) is 4.79 Å². The number of carbonyl (C=O) groups is 2. The Bertz CT molecular complexity index is 668. The quantitative estimate of drug-likeness (QED) is 0.137. The molecule has 0 saturated heterocycles. The first-order valence-electron chi connectivity index (χ1n) is 12.6. The number of hydrogen-bond acceptors (Lipinski definition) is 5. The van der Waals surface area contributed by atoms with Crippen LogP contribution >= 0.6 is 0 Å². The normalized spacial score (nSPS) is 13.1. The van der Waals surface area contributed by atoms with Gasteiger partial charge in [-0.1, -0.05) is 76.1 Å². The fourth-order valence-electron chi connectivity index (χ4n) is 3.51. The number of rotatable bonds is 17. The Morgan fingerprint density at radius 1 is 0.939 bits per heavy atom. The number of hydrogen-bond donors (Lipinski definition) is 0. The predicted molar refractivity (Wildman–Crippen MR) is 133 cm³/mol. The molecule has 186 valence electrons. The molecule has 0 heterocycles. The smallest absolute Gasteiger partial charge is 0.463 e. The van der Waals surface area contributed by atoms with E-state index in [0.29, 0.717) is 25.4 Å². The number of ether oxygens (including phenoxy) is 3. The molecule has 5 heteroatoms. The highest BCUT2D eigenvalue weighted by Gasteiger charge is 2.15. The van der Waals surface area contributed by atoms with E-state index in [4.69, 9.17) is 14.2 Å². The minimum atomic E-state index is -0.592. The molecule has 33 heavy (non-hydrogen) atoms. The molecule has 2 unspecified atom stereocenters. The first-order chi connectivity index (χ1) is 15.9. The van der Waals surface area contributed by atoms with Crippen LogP contribution in [0.15, 0.2) is 42.5 Å². The van der Waals surface area contributed by atoms with Crippen molar-refractivity contribution in [3.8, 4) is 0 Å². The van der Waals surface area contributed by atoms with E-state index in [1.165, 1.54) is 0 Å². The van der Waals surface area contributed by atoms with E-state index in [0.717, 1.165) is 56.9 Å². The van der Waals surface area contributed by atoms with Crippen molar-refractivity contribution in [3.63, 3.8) is 0 Å². The molecule has 0 bridgehead atoms. The molecule has 0 radical (unpaired) electrons. The van der Waals surface area contributed by atoms with Gasteiger partial charge in [0.2, 0.25) is 0 Å². The van der Waals surface area contributed by atoms with Crippen LogP contribution in [0.1, 0.15) is 91.0 Å². The van der Waals surface area contributed by atoms with E-state index in [1.807, 2.05) is 37.3 Å². The van der Waals surface area contributed by atoms with Crippen LogP contribution in [0.3, 0.4) is 0 Å². The van der Waals surface area contributed by atoms with Gasteiger partial charge in [0.15, 0.2) is 0 Å². The van der Waals surface area contributed by atoms with Crippen LogP contribution in [-0.4, -0.2) is 30.9 Å². The number of allylic oxidation sites excluding steroid dienone is 2. The van der Waals surface area contributed by atoms with Gasteiger partial charge in [-0.05, 0) is 56.9 Å². The summed E-state index contributed by atoms with van der Waals surface area (Å²) in [4.78, 5) is 24.0. The molecule has 0 aliphatic carbocycles. The molecule has 1 rings (SSSR count). The van der Waals surface area contributed by atoms with Crippen molar-refractivity contribution in [3.05, 3.63) is 48.0 Å². The van der Waals surface area contributed by atoms with Gasteiger partial charge in [-0.15, -0.1) is 0 Å². The number of benzene rings is 1. The minimum Gasteiger partial charge on any atom is -0.463 e. The third kappa shape index (κ3) is 16.0. The summed E-state index contributed by atoms with van der Waals surface area (Å²) >= 11 is 0. The third-order valence-electron chi connectivity index (χ3n) is 5.33. The maximum Gasteiger partial charge on any atom is 0.508 e. The summed E-state index contributed by atoms with van der Waals surface area (Å²) in [6, 6.07) is 9.92. The summed E-state index contributed by atoms with van der Waals surface area (Å²) in [6.45, 7) is 8.64. The van der Waals surface area contributed by atoms with Crippen molar-refractivity contribution in [1.29, 1.82) is 0 Å². The van der Waals surface area contributed by atoms with Gasteiger partial charge < -0.3 is 14.2 Å². The summed E-state index contributed by atoms with van der Waals surface area (Å²) in [6.07, 6.45) is 11.6. The van der Waals surface area contributed by atoms with Crippen LogP contribution in [0, 0.1) is 5.92 Å². The Hall–Kier alpha value is -2.30. The SMILES string of the molecule is CCCC(CCCCCC(=O)OC(C)CC/C=C\C(C)C)OC(=O)OCCc1ccccc1. The van der Waals surface area contributed by atoms with Gasteiger partial charge in [-0.2, -0.15) is 0 Å². The van der Waals surface area contributed by atoms with E-state index in [1.54, 1.807) is 0 Å². The lowest BCUT2D eigenvalue weighted by atomic mass is 10.1. The maximum atomic E-state index is 12.0. The molecular formula is C28H44O5. The van der Waals surface area contributed by atoms with Crippen LogP contribution in [-0.2, 0) is 25.4 Å². The van der Waals surface area contributed by atoms with Gasteiger partial charge in [-0.25, -0.2) is 4.79 Å². The fourth-order valence-corrected chi connectivity index (χ4v) is 3.51. The zero-order valence-electron chi connectivity index (χ0n) is 21.1. The highest BCUT2D eigenvalue weighted by Crippen LogP contribution is 2.15. The van der Waals surface area contributed by atoms with E-state index >= 15 is 0 Å². The molecule has 0 aliphatic heterocycles. The second-order valence-electron chi connectivity index (χ2n) is 9.01. The lowest BCUT2D eigenvalue weighted by Gasteiger charge is -2.17. The van der Waals surface area contributed by atoms with E-state index < -0.39 is 6.16 Å². The van der Waals surface area contributed by atoms with Gasteiger partial charge in [0.05, 0.1) is 12.7 Å². The molecule has 0 N–H and O–H groups in total. The van der Waals surface area contributed by atoms with Gasteiger partial charge in [-0.3, -0.25) is 4.79 Å². The number of unbranched alkanes of at least 4 members (excludes halogenated alkanes) is 2. The lowest BCUT2D eigenvalue weighted by molar-refractivity contribution is -0.148. The second kappa shape index (κ2) is 18.2. The molecule has 0 saturated carbocycles. The molecule has 0 amide bonds. The Kier molecular flexibility index (Phi) is 15.8. The van der Waals surface area contributed by atoms with Crippen molar-refractivity contribution < 1.29 is 23.8 Å². The summed E-state index contributed by atoms with van der Waals surface area (Å²) < 4.78 is 16.2. The van der Waals surface area contributed by atoms with Crippen molar-refractivity contribution in [1.82, 2.24) is 0 Å². The van der Waals surface area contributed by atoms with Gasteiger partial charge in [0.25, 0.3) is 0 Å². The van der Waals surface area contributed by atoms with Crippen LogP contribution in [0.2, 0.25) is 0 Å². The van der Waals surface area contributed by atoms with E-state index in [9.17, 15) is 9.59 Å². The van der Waals surface area contributed by atoms with E-state index in [2.05, 4.69) is 32.9 Å². The summed E-state index contributed by atoms with van der Waals surface area (Å²) in [5, 5.41) is 0. The molecule has 0 aromatic heterocycles.